The number of halogens is 3. The standard InChI is InChI=1S/C18H17F3O4/c1-24-15-9-12(7-8-22)14(10-16(15)25-2)17(23)11-3-5-13(6-4-11)18(19,20)21/h3-6,9-10,22H,7-8H2,1-2H3. The Bertz CT molecular complexity index is 752. The molecule has 4 nitrogen and oxygen atoms in total. The SMILES string of the molecule is COc1cc(CCO)c(C(=O)c2ccc(C(F)(F)F)cc2)cc1OC. The van der Waals surface area contributed by atoms with Crippen LogP contribution in [0.2, 0.25) is 0 Å². The molecule has 0 heterocycles. The highest BCUT2D eigenvalue weighted by Crippen LogP contribution is 2.33. The highest BCUT2D eigenvalue weighted by Gasteiger charge is 2.30. The Hall–Kier alpha value is -2.54. The molecule has 0 spiro atoms. The number of aliphatic hydroxyl groups is 1. The van der Waals surface area contributed by atoms with Gasteiger partial charge in [-0.05, 0) is 36.2 Å². The molecule has 134 valence electrons. The second kappa shape index (κ2) is 7.57. The van der Waals surface area contributed by atoms with Gasteiger partial charge in [-0.15, -0.1) is 0 Å². The van der Waals surface area contributed by atoms with E-state index >= 15 is 0 Å². The Morgan fingerprint density at radius 2 is 1.60 bits per heavy atom. The van der Waals surface area contributed by atoms with Crippen LogP contribution in [0, 0.1) is 0 Å². The van der Waals surface area contributed by atoms with E-state index in [0.29, 0.717) is 17.1 Å². The molecule has 0 atom stereocenters. The van der Waals surface area contributed by atoms with Crippen LogP contribution in [-0.2, 0) is 12.6 Å². The minimum Gasteiger partial charge on any atom is -0.493 e. The van der Waals surface area contributed by atoms with Crippen molar-refractivity contribution in [3.8, 4) is 11.5 Å². The molecule has 25 heavy (non-hydrogen) atoms. The number of carbonyl (C=O) groups is 1. The summed E-state index contributed by atoms with van der Waals surface area (Å²) >= 11 is 0. The molecule has 0 amide bonds. The maximum atomic E-state index is 12.7. The number of benzene rings is 2. The molecule has 0 fully saturated rings. The molecule has 0 aliphatic rings. The lowest BCUT2D eigenvalue weighted by molar-refractivity contribution is -0.137. The van der Waals surface area contributed by atoms with Crippen molar-refractivity contribution in [3.63, 3.8) is 0 Å². The van der Waals surface area contributed by atoms with Crippen molar-refractivity contribution >= 4 is 5.78 Å². The van der Waals surface area contributed by atoms with Crippen molar-refractivity contribution in [2.24, 2.45) is 0 Å². The van der Waals surface area contributed by atoms with E-state index in [1.54, 1.807) is 6.07 Å². The number of hydrogen-bond donors (Lipinski definition) is 1. The van der Waals surface area contributed by atoms with Gasteiger partial charge in [-0.2, -0.15) is 13.2 Å². The van der Waals surface area contributed by atoms with Gasteiger partial charge in [0, 0.05) is 17.7 Å². The second-order valence-electron chi connectivity index (χ2n) is 5.24. The summed E-state index contributed by atoms with van der Waals surface area (Å²) in [6.45, 7) is -0.192. The van der Waals surface area contributed by atoms with Gasteiger partial charge in [0.2, 0.25) is 0 Å². The molecule has 2 aromatic carbocycles. The predicted molar refractivity (Wildman–Crippen MR) is 85.2 cm³/mol. The number of hydrogen-bond acceptors (Lipinski definition) is 4. The monoisotopic (exact) mass is 354 g/mol. The van der Waals surface area contributed by atoms with Crippen molar-refractivity contribution in [1.82, 2.24) is 0 Å². The van der Waals surface area contributed by atoms with Crippen molar-refractivity contribution in [1.29, 1.82) is 0 Å². The highest BCUT2D eigenvalue weighted by atomic mass is 19.4. The third-order valence-corrected chi connectivity index (χ3v) is 3.71. The lowest BCUT2D eigenvalue weighted by Gasteiger charge is -2.14. The van der Waals surface area contributed by atoms with Crippen molar-refractivity contribution in [2.75, 3.05) is 20.8 Å². The fraction of sp³-hybridized carbons (Fsp3) is 0.278. The first-order chi connectivity index (χ1) is 11.8. The minimum atomic E-state index is -4.47. The molecule has 0 radical (unpaired) electrons. The van der Waals surface area contributed by atoms with Crippen LogP contribution in [0.15, 0.2) is 36.4 Å². The fourth-order valence-electron chi connectivity index (χ4n) is 2.43. The first kappa shape index (κ1) is 18.8. The summed E-state index contributed by atoms with van der Waals surface area (Å²) in [5, 5.41) is 9.20. The second-order valence-corrected chi connectivity index (χ2v) is 5.24. The molecule has 1 N–H and O–H groups in total. The topological polar surface area (TPSA) is 55.8 Å². The zero-order valence-electron chi connectivity index (χ0n) is 13.7. The van der Waals surface area contributed by atoms with Gasteiger partial charge in [0.25, 0.3) is 0 Å². The Labute approximate surface area is 142 Å². The number of rotatable bonds is 6. The minimum absolute atomic E-state index is 0.111. The normalized spacial score (nSPS) is 11.3. The smallest absolute Gasteiger partial charge is 0.416 e. The summed E-state index contributed by atoms with van der Waals surface area (Å²) in [4.78, 5) is 12.7. The Morgan fingerprint density at radius 1 is 1.04 bits per heavy atom. The van der Waals surface area contributed by atoms with Gasteiger partial charge in [-0.1, -0.05) is 12.1 Å². The van der Waals surface area contributed by atoms with E-state index < -0.39 is 17.5 Å². The van der Waals surface area contributed by atoms with Gasteiger partial charge < -0.3 is 14.6 Å². The zero-order valence-corrected chi connectivity index (χ0v) is 13.7. The van der Waals surface area contributed by atoms with Crippen LogP contribution in [0.5, 0.6) is 11.5 Å². The van der Waals surface area contributed by atoms with E-state index in [-0.39, 0.29) is 24.2 Å². The number of carbonyl (C=O) groups excluding carboxylic acids is 1. The number of ether oxygens (including phenoxy) is 2. The van der Waals surface area contributed by atoms with Crippen molar-refractivity contribution in [3.05, 3.63) is 58.7 Å². The average molecular weight is 354 g/mol. The maximum absolute atomic E-state index is 12.7. The third kappa shape index (κ3) is 4.11. The molecule has 0 saturated carbocycles. The summed E-state index contributed by atoms with van der Waals surface area (Å²) in [6.07, 6.45) is -4.27. The van der Waals surface area contributed by atoms with Gasteiger partial charge in [-0.25, -0.2) is 0 Å². The Balaban J connectivity index is 2.47. The summed E-state index contributed by atoms with van der Waals surface area (Å²) in [5.74, 6) is 0.257. The first-order valence-electron chi connectivity index (χ1n) is 7.39. The molecule has 7 heteroatoms. The summed E-state index contributed by atoms with van der Waals surface area (Å²) in [5.41, 5.74) is 0.0443. The van der Waals surface area contributed by atoms with E-state index in [1.165, 1.54) is 20.3 Å². The number of ketones is 1. The largest absolute Gasteiger partial charge is 0.493 e. The Morgan fingerprint density at radius 3 is 2.08 bits per heavy atom. The maximum Gasteiger partial charge on any atom is 0.416 e. The van der Waals surface area contributed by atoms with E-state index in [0.717, 1.165) is 24.3 Å². The van der Waals surface area contributed by atoms with E-state index in [4.69, 9.17) is 9.47 Å². The van der Waals surface area contributed by atoms with Gasteiger partial charge >= 0.3 is 6.18 Å². The molecule has 0 aliphatic carbocycles. The molecular formula is C18H17F3O4. The van der Waals surface area contributed by atoms with Crippen LogP contribution < -0.4 is 9.47 Å². The molecular weight excluding hydrogens is 337 g/mol. The zero-order chi connectivity index (χ0) is 18.6. The lowest BCUT2D eigenvalue weighted by atomic mass is 9.95. The fourth-order valence-corrected chi connectivity index (χ4v) is 2.43. The lowest BCUT2D eigenvalue weighted by Crippen LogP contribution is -2.10. The number of methoxy groups -OCH3 is 2. The number of alkyl halides is 3. The average Bonchev–Trinajstić information content (AvgIpc) is 2.60. The van der Waals surface area contributed by atoms with Gasteiger partial charge in [-0.3, -0.25) is 4.79 Å². The van der Waals surface area contributed by atoms with Crippen LogP contribution in [0.1, 0.15) is 27.0 Å². The number of aliphatic hydroxyl groups excluding tert-OH is 1. The molecule has 2 rings (SSSR count). The molecule has 0 unspecified atom stereocenters. The van der Waals surface area contributed by atoms with Crippen LogP contribution in [0.4, 0.5) is 13.2 Å². The first-order valence-corrected chi connectivity index (χ1v) is 7.39. The van der Waals surface area contributed by atoms with E-state index in [2.05, 4.69) is 0 Å². The van der Waals surface area contributed by atoms with Gasteiger partial charge in [0.05, 0.1) is 19.8 Å². The molecule has 0 saturated heterocycles. The molecule has 0 aliphatic heterocycles. The summed E-state index contributed by atoms with van der Waals surface area (Å²) in [6, 6.07) is 7.02. The molecule has 0 aromatic heterocycles. The highest BCUT2D eigenvalue weighted by molar-refractivity contribution is 6.10. The third-order valence-electron chi connectivity index (χ3n) is 3.71. The summed E-state index contributed by atoms with van der Waals surface area (Å²) in [7, 11) is 2.86. The van der Waals surface area contributed by atoms with Crippen LogP contribution in [-0.4, -0.2) is 31.7 Å². The van der Waals surface area contributed by atoms with E-state index in [1.807, 2.05) is 0 Å². The Kier molecular flexibility index (Phi) is 5.69. The molecule has 0 bridgehead atoms. The van der Waals surface area contributed by atoms with E-state index in [9.17, 15) is 23.1 Å². The van der Waals surface area contributed by atoms with Crippen LogP contribution >= 0.6 is 0 Å². The van der Waals surface area contributed by atoms with Crippen molar-refractivity contribution in [2.45, 2.75) is 12.6 Å². The van der Waals surface area contributed by atoms with Crippen LogP contribution in [0.25, 0.3) is 0 Å². The summed E-state index contributed by atoms with van der Waals surface area (Å²) < 4.78 is 48.3. The predicted octanol–water partition coefficient (Wildman–Crippen LogP) is 3.49. The van der Waals surface area contributed by atoms with Crippen LogP contribution in [0.3, 0.4) is 0 Å². The quantitative estimate of drug-likeness (QED) is 0.807. The van der Waals surface area contributed by atoms with Crippen molar-refractivity contribution < 1.29 is 32.5 Å². The van der Waals surface area contributed by atoms with Gasteiger partial charge in [0.1, 0.15) is 0 Å². The van der Waals surface area contributed by atoms with Gasteiger partial charge in [0.15, 0.2) is 17.3 Å². The molecule has 2 aromatic rings.